The van der Waals surface area contributed by atoms with Crippen LogP contribution in [0.5, 0.6) is 0 Å². The maximum atomic E-state index is 11.5. The highest BCUT2D eigenvalue weighted by Gasteiger charge is 2.26. The van der Waals surface area contributed by atoms with Crippen LogP contribution in [0.3, 0.4) is 0 Å². The monoisotopic (exact) mass is 202 g/mol. The summed E-state index contributed by atoms with van der Waals surface area (Å²) in [5.74, 6) is 1.28. The molecular weight excluding hydrogens is 184 g/mol. The molecule has 0 bridgehead atoms. The largest absolute Gasteiger partial charge is 0.351 e. The Morgan fingerprint density at radius 1 is 1.62 bits per heavy atom. The molecule has 1 heterocycles. The number of hydrogen-bond acceptors (Lipinski definition) is 3. The maximum Gasteiger partial charge on any atom is 0.237 e. The molecule has 1 amide bonds. The topological polar surface area (TPSA) is 41.1 Å². The zero-order chi connectivity index (χ0) is 9.84. The van der Waals surface area contributed by atoms with Crippen molar-refractivity contribution in [2.24, 2.45) is 0 Å². The second kappa shape index (κ2) is 4.86. The maximum absolute atomic E-state index is 11.5. The molecule has 13 heavy (non-hydrogen) atoms. The predicted molar refractivity (Wildman–Crippen MR) is 57.0 cm³/mol. The fourth-order valence-corrected chi connectivity index (χ4v) is 2.56. The summed E-state index contributed by atoms with van der Waals surface area (Å²) >= 11 is 1.93. The number of carbonyl (C=O) groups is 1. The Balaban J connectivity index is 2.35. The van der Waals surface area contributed by atoms with Gasteiger partial charge in [0.25, 0.3) is 0 Å². The van der Waals surface area contributed by atoms with E-state index >= 15 is 0 Å². The van der Waals surface area contributed by atoms with Gasteiger partial charge in [0.1, 0.15) is 0 Å². The number of thioether (sulfide) groups is 1. The molecule has 76 valence electrons. The zero-order valence-electron chi connectivity index (χ0n) is 8.46. The first kappa shape index (κ1) is 10.9. The molecule has 2 unspecified atom stereocenters. The molecule has 0 aliphatic carbocycles. The summed E-state index contributed by atoms with van der Waals surface area (Å²) in [5, 5.41) is 6.55. The number of rotatable bonds is 3. The van der Waals surface area contributed by atoms with Gasteiger partial charge in [-0.15, -0.1) is 0 Å². The van der Waals surface area contributed by atoms with Crippen molar-refractivity contribution in [3.8, 4) is 0 Å². The van der Waals surface area contributed by atoms with Crippen LogP contribution in [0.15, 0.2) is 0 Å². The Bertz CT molecular complexity index is 186. The van der Waals surface area contributed by atoms with Crippen molar-refractivity contribution >= 4 is 17.7 Å². The van der Waals surface area contributed by atoms with Crippen LogP contribution in [-0.4, -0.2) is 36.0 Å². The van der Waals surface area contributed by atoms with Gasteiger partial charge < -0.3 is 10.6 Å². The SMILES string of the molecule is CN[C@@H](C)C(=O)NC1CCSC1C. The van der Waals surface area contributed by atoms with Crippen LogP contribution in [0.25, 0.3) is 0 Å². The molecule has 2 N–H and O–H groups in total. The van der Waals surface area contributed by atoms with E-state index in [0.717, 1.165) is 6.42 Å². The van der Waals surface area contributed by atoms with E-state index in [9.17, 15) is 4.79 Å². The Labute approximate surface area is 84.0 Å². The first-order valence-corrected chi connectivity index (χ1v) is 5.79. The van der Waals surface area contributed by atoms with Gasteiger partial charge in [0.05, 0.1) is 6.04 Å². The average Bonchev–Trinajstić information content (AvgIpc) is 2.50. The second-order valence-electron chi connectivity index (χ2n) is 3.49. The molecule has 3 nitrogen and oxygen atoms in total. The van der Waals surface area contributed by atoms with Crippen LogP contribution in [0.2, 0.25) is 0 Å². The van der Waals surface area contributed by atoms with Gasteiger partial charge in [0.2, 0.25) is 5.91 Å². The van der Waals surface area contributed by atoms with E-state index in [2.05, 4.69) is 17.6 Å². The van der Waals surface area contributed by atoms with E-state index in [4.69, 9.17) is 0 Å². The van der Waals surface area contributed by atoms with Gasteiger partial charge in [-0.3, -0.25) is 4.79 Å². The second-order valence-corrected chi connectivity index (χ2v) is 4.98. The lowest BCUT2D eigenvalue weighted by atomic mass is 10.1. The minimum atomic E-state index is -0.0854. The molecule has 0 saturated carbocycles. The van der Waals surface area contributed by atoms with Crippen LogP contribution in [0.4, 0.5) is 0 Å². The molecule has 0 radical (unpaired) electrons. The van der Waals surface area contributed by atoms with Crippen molar-refractivity contribution in [1.29, 1.82) is 0 Å². The van der Waals surface area contributed by atoms with Gasteiger partial charge in [-0.25, -0.2) is 0 Å². The molecule has 4 heteroatoms. The lowest BCUT2D eigenvalue weighted by Crippen LogP contribution is -2.46. The lowest BCUT2D eigenvalue weighted by molar-refractivity contribution is -0.123. The quantitative estimate of drug-likeness (QED) is 0.704. The Hall–Kier alpha value is -0.220. The highest BCUT2D eigenvalue weighted by Crippen LogP contribution is 2.25. The summed E-state index contributed by atoms with van der Waals surface area (Å²) in [4.78, 5) is 11.5. The summed E-state index contributed by atoms with van der Waals surface area (Å²) in [6.45, 7) is 4.05. The Morgan fingerprint density at radius 2 is 2.31 bits per heavy atom. The van der Waals surface area contributed by atoms with Crippen LogP contribution in [0, 0.1) is 0 Å². The van der Waals surface area contributed by atoms with Crippen LogP contribution >= 0.6 is 11.8 Å². The van der Waals surface area contributed by atoms with E-state index in [1.54, 1.807) is 7.05 Å². The molecule has 1 aliphatic rings. The van der Waals surface area contributed by atoms with Crippen molar-refractivity contribution in [3.05, 3.63) is 0 Å². The van der Waals surface area contributed by atoms with E-state index in [0.29, 0.717) is 11.3 Å². The molecule has 0 spiro atoms. The predicted octanol–water partition coefficient (Wildman–Crippen LogP) is 0.604. The van der Waals surface area contributed by atoms with E-state index < -0.39 is 0 Å². The lowest BCUT2D eigenvalue weighted by Gasteiger charge is -2.19. The number of amides is 1. The fraction of sp³-hybridized carbons (Fsp3) is 0.889. The number of nitrogens with one attached hydrogen (secondary N) is 2. The summed E-state index contributed by atoms with van der Waals surface area (Å²) in [5.41, 5.74) is 0. The van der Waals surface area contributed by atoms with E-state index in [1.165, 1.54) is 5.75 Å². The fourth-order valence-electron chi connectivity index (χ4n) is 1.36. The van der Waals surface area contributed by atoms with Crippen molar-refractivity contribution in [2.75, 3.05) is 12.8 Å². The van der Waals surface area contributed by atoms with Gasteiger partial charge in [0, 0.05) is 11.3 Å². The molecule has 0 aromatic carbocycles. The molecule has 0 aromatic heterocycles. The van der Waals surface area contributed by atoms with Crippen LogP contribution in [0.1, 0.15) is 20.3 Å². The Kier molecular flexibility index (Phi) is 4.06. The molecule has 1 saturated heterocycles. The van der Waals surface area contributed by atoms with Crippen molar-refractivity contribution in [1.82, 2.24) is 10.6 Å². The average molecular weight is 202 g/mol. The molecule has 1 aliphatic heterocycles. The highest BCUT2D eigenvalue weighted by molar-refractivity contribution is 8.00. The third kappa shape index (κ3) is 2.88. The van der Waals surface area contributed by atoms with Crippen molar-refractivity contribution in [2.45, 2.75) is 37.6 Å². The van der Waals surface area contributed by atoms with Crippen LogP contribution < -0.4 is 10.6 Å². The van der Waals surface area contributed by atoms with Gasteiger partial charge in [0.15, 0.2) is 0 Å². The molecule has 1 rings (SSSR count). The minimum absolute atomic E-state index is 0.0854. The van der Waals surface area contributed by atoms with Crippen molar-refractivity contribution in [3.63, 3.8) is 0 Å². The summed E-state index contributed by atoms with van der Waals surface area (Å²) in [6.07, 6.45) is 1.11. The standard InChI is InChI=1S/C9H18N2OS/c1-6(10-3)9(12)11-8-4-5-13-7(8)2/h6-8,10H,4-5H2,1-3H3,(H,11,12)/t6-,7?,8?/m0/s1. The Morgan fingerprint density at radius 3 is 2.77 bits per heavy atom. The first-order valence-electron chi connectivity index (χ1n) is 4.74. The zero-order valence-corrected chi connectivity index (χ0v) is 9.28. The van der Waals surface area contributed by atoms with E-state index in [1.807, 2.05) is 18.7 Å². The number of carbonyl (C=O) groups excluding carboxylic acids is 1. The van der Waals surface area contributed by atoms with Gasteiger partial charge >= 0.3 is 0 Å². The highest BCUT2D eigenvalue weighted by atomic mass is 32.2. The third-order valence-electron chi connectivity index (χ3n) is 2.53. The third-order valence-corrected chi connectivity index (χ3v) is 3.86. The summed E-state index contributed by atoms with van der Waals surface area (Å²) < 4.78 is 0. The van der Waals surface area contributed by atoms with Crippen molar-refractivity contribution < 1.29 is 4.79 Å². The minimum Gasteiger partial charge on any atom is -0.351 e. The van der Waals surface area contributed by atoms with E-state index in [-0.39, 0.29) is 11.9 Å². The molecule has 3 atom stereocenters. The smallest absolute Gasteiger partial charge is 0.237 e. The van der Waals surface area contributed by atoms with Gasteiger partial charge in [-0.05, 0) is 26.1 Å². The first-order chi connectivity index (χ1) is 6.15. The van der Waals surface area contributed by atoms with Gasteiger partial charge in [-0.1, -0.05) is 6.92 Å². The molecule has 0 aromatic rings. The summed E-state index contributed by atoms with van der Waals surface area (Å²) in [7, 11) is 1.80. The normalized spacial score (nSPS) is 30.1. The molecular formula is C9H18N2OS. The number of likely N-dealkylation sites (N-methyl/N-ethyl adjacent to an activating group) is 1. The van der Waals surface area contributed by atoms with Crippen LogP contribution in [-0.2, 0) is 4.79 Å². The number of hydrogen-bond donors (Lipinski definition) is 2. The summed E-state index contributed by atoms with van der Waals surface area (Å²) in [6, 6.07) is 0.283. The molecule has 1 fully saturated rings. The van der Waals surface area contributed by atoms with Gasteiger partial charge in [-0.2, -0.15) is 11.8 Å².